The third kappa shape index (κ3) is 4.49. The SMILES string of the molecule is CCN(CC)C(=O)C(C)NCCc1ccccc1. The zero-order valence-corrected chi connectivity index (χ0v) is 11.6. The van der Waals surface area contributed by atoms with E-state index in [1.165, 1.54) is 5.56 Å². The molecule has 0 aliphatic rings. The molecule has 1 N–H and O–H groups in total. The van der Waals surface area contributed by atoms with Gasteiger partial charge in [-0.15, -0.1) is 0 Å². The molecule has 18 heavy (non-hydrogen) atoms. The molecule has 0 aliphatic carbocycles. The average Bonchev–Trinajstić information content (AvgIpc) is 2.41. The van der Waals surface area contributed by atoms with Crippen molar-refractivity contribution in [1.82, 2.24) is 10.2 Å². The Morgan fingerprint density at radius 2 is 1.83 bits per heavy atom. The van der Waals surface area contributed by atoms with E-state index in [2.05, 4.69) is 17.4 Å². The third-order valence-electron chi connectivity index (χ3n) is 3.15. The highest BCUT2D eigenvalue weighted by atomic mass is 16.2. The number of hydrogen-bond donors (Lipinski definition) is 1. The molecule has 0 fully saturated rings. The van der Waals surface area contributed by atoms with Gasteiger partial charge in [-0.1, -0.05) is 30.3 Å². The number of benzene rings is 1. The first-order chi connectivity index (χ1) is 8.69. The van der Waals surface area contributed by atoms with Crippen molar-refractivity contribution in [3.05, 3.63) is 35.9 Å². The second-order valence-electron chi connectivity index (χ2n) is 4.42. The lowest BCUT2D eigenvalue weighted by Gasteiger charge is -2.23. The average molecular weight is 248 g/mol. The molecule has 0 heterocycles. The summed E-state index contributed by atoms with van der Waals surface area (Å²) < 4.78 is 0. The van der Waals surface area contributed by atoms with Crippen LogP contribution >= 0.6 is 0 Å². The maximum Gasteiger partial charge on any atom is 0.239 e. The molecule has 0 bridgehead atoms. The van der Waals surface area contributed by atoms with Crippen LogP contribution < -0.4 is 5.32 Å². The molecule has 0 radical (unpaired) electrons. The van der Waals surface area contributed by atoms with Crippen molar-refractivity contribution < 1.29 is 4.79 Å². The molecule has 3 heteroatoms. The third-order valence-corrected chi connectivity index (χ3v) is 3.15. The Kier molecular flexibility index (Phi) is 6.44. The van der Waals surface area contributed by atoms with Gasteiger partial charge in [-0.3, -0.25) is 4.79 Å². The second kappa shape index (κ2) is 7.88. The number of rotatable bonds is 7. The van der Waals surface area contributed by atoms with Gasteiger partial charge in [-0.05, 0) is 39.3 Å². The van der Waals surface area contributed by atoms with Gasteiger partial charge in [-0.25, -0.2) is 0 Å². The fraction of sp³-hybridized carbons (Fsp3) is 0.533. The van der Waals surface area contributed by atoms with E-state index in [1.54, 1.807) is 0 Å². The summed E-state index contributed by atoms with van der Waals surface area (Å²) in [7, 11) is 0. The molecule has 0 aromatic heterocycles. The van der Waals surface area contributed by atoms with Crippen LogP contribution in [0.25, 0.3) is 0 Å². The van der Waals surface area contributed by atoms with Crippen LogP contribution in [0.2, 0.25) is 0 Å². The molecule has 1 aromatic carbocycles. The maximum atomic E-state index is 12.0. The van der Waals surface area contributed by atoms with E-state index in [0.717, 1.165) is 26.1 Å². The first-order valence-corrected chi connectivity index (χ1v) is 6.75. The highest BCUT2D eigenvalue weighted by Gasteiger charge is 2.16. The lowest BCUT2D eigenvalue weighted by molar-refractivity contribution is -0.132. The van der Waals surface area contributed by atoms with Gasteiger partial charge in [0.15, 0.2) is 0 Å². The molecule has 100 valence electrons. The van der Waals surface area contributed by atoms with Crippen LogP contribution in [0.15, 0.2) is 30.3 Å². The van der Waals surface area contributed by atoms with Crippen LogP contribution in [-0.2, 0) is 11.2 Å². The molecule has 1 amide bonds. The van der Waals surface area contributed by atoms with Gasteiger partial charge in [0.1, 0.15) is 0 Å². The largest absolute Gasteiger partial charge is 0.342 e. The number of carbonyl (C=O) groups excluding carboxylic acids is 1. The van der Waals surface area contributed by atoms with E-state index in [0.29, 0.717) is 0 Å². The minimum Gasteiger partial charge on any atom is -0.342 e. The van der Waals surface area contributed by atoms with Crippen LogP contribution in [0.3, 0.4) is 0 Å². The van der Waals surface area contributed by atoms with Crippen molar-refractivity contribution in [2.75, 3.05) is 19.6 Å². The van der Waals surface area contributed by atoms with E-state index < -0.39 is 0 Å². The van der Waals surface area contributed by atoms with Crippen LogP contribution in [0, 0.1) is 0 Å². The fourth-order valence-corrected chi connectivity index (χ4v) is 1.97. The highest BCUT2D eigenvalue weighted by molar-refractivity contribution is 5.81. The van der Waals surface area contributed by atoms with Gasteiger partial charge in [0, 0.05) is 13.1 Å². The number of nitrogens with zero attached hydrogens (tertiary/aromatic N) is 1. The molecule has 0 saturated heterocycles. The molecule has 3 nitrogen and oxygen atoms in total. The molecular formula is C15H24N2O. The predicted octanol–water partition coefficient (Wildman–Crippen LogP) is 2.08. The molecule has 0 saturated carbocycles. The minimum absolute atomic E-state index is 0.103. The Balaban J connectivity index is 2.33. The number of hydrogen-bond acceptors (Lipinski definition) is 2. The topological polar surface area (TPSA) is 32.3 Å². The van der Waals surface area contributed by atoms with Crippen molar-refractivity contribution in [3.63, 3.8) is 0 Å². The van der Waals surface area contributed by atoms with Crippen molar-refractivity contribution >= 4 is 5.91 Å². The second-order valence-corrected chi connectivity index (χ2v) is 4.42. The molecule has 0 aliphatic heterocycles. The van der Waals surface area contributed by atoms with Gasteiger partial charge in [-0.2, -0.15) is 0 Å². The summed E-state index contributed by atoms with van der Waals surface area (Å²) in [4.78, 5) is 13.9. The first kappa shape index (κ1) is 14.7. The summed E-state index contributed by atoms with van der Waals surface area (Å²) in [5.41, 5.74) is 1.30. The van der Waals surface area contributed by atoms with Crippen molar-refractivity contribution in [3.8, 4) is 0 Å². The summed E-state index contributed by atoms with van der Waals surface area (Å²) in [5, 5.41) is 3.29. The standard InChI is InChI=1S/C15H24N2O/c1-4-17(5-2)15(18)13(3)16-12-11-14-9-7-6-8-10-14/h6-10,13,16H,4-5,11-12H2,1-3H3. The summed E-state index contributed by atoms with van der Waals surface area (Å²) in [6.07, 6.45) is 0.955. The van der Waals surface area contributed by atoms with Gasteiger partial charge < -0.3 is 10.2 Å². The molecular weight excluding hydrogens is 224 g/mol. The first-order valence-electron chi connectivity index (χ1n) is 6.75. The van der Waals surface area contributed by atoms with Crippen LogP contribution in [0.1, 0.15) is 26.3 Å². The van der Waals surface area contributed by atoms with E-state index in [1.807, 2.05) is 43.9 Å². The van der Waals surface area contributed by atoms with Crippen LogP contribution in [-0.4, -0.2) is 36.5 Å². The molecule has 1 rings (SSSR count). The van der Waals surface area contributed by atoms with Gasteiger partial charge in [0.05, 0.1) is 6.04 Å². The van der Waals surface area contributed by atoms with Gasteiger partial charge >= 0.3 is 0 Å². The molecule has 0 spiro atoms. The number of likely N-dealkylation sites (N-methyl/N-ethyl adjacent to an activating group) is 1. The van der Waals surface area contributed by atoms with Crippen LogP contribution in [0.4, 0.5) is 0 Å². The predicted molar refractivity (Wildman–Crippen MR) is 75.5 cm³/mol. The van der Waals surface area contributed by atoms with Gasteiger partial charge in [0.2, 0.25) is 5.91 Å². The van der Waals surface area contributed by atoms with E-state index in [9.17, 15) is 4.79 Å². The Bertz CT molecular complexity index is 347. The summed E-state index contributed by atoms with van der Waals surface area (Å²) in [6.45, 7) is 8.35. The Morgan fingerprint density at radius 1 is 1.22 bits per heavy atom. The highest BCUT2D eigenvalue weighted by Crippen LogP contribution is 1.99. The summed E-state index contributed by atoms with van der Waals surface area (Å²) in [5.74, 6) is 0.188. The lowest BCUT2D eigenvalue weighted by Crippen LogP contribution is -2.45. The summed E-state index contributed by atoms with van der Waals surface area (Å²) in [6, 6.07) is 10.2. The van der Waals surface area contributed by atoms with E-state index >= 15 is 0 Å². The van der Waals surface area contributed by atoms with E-state index in [4.69, 9.17) is 0 Å². The monoisotopic (exact) mass is 248 g/mol. The van der Waals surface area contributed by atoms with Crippen molar-refractivity contribution in [1.29, 1.82) is 0 Å². The van der Waals surface area contributed by atoms with Gasteiger partial charge in [0.25, 0.3) is 0 Å². The van der Waals surface area contributed by atoms with Crippen LogP contribution in [0.5, 0.6) is 0 Å². The molecule has 1 aromatic rings. The van der Waals surface area contributed by atoms with Crippen molar-refractivity contribution in [2.24, 2.45) is 0 Å². The maximum absolute atomic E-state index is 12.0. The lowest BCUT2D eigenvalue weighted by atomic mass is 10.1. The van der Waals surface area contributed by atoms with E-state index in [-0.39, 0.29) is 11.9 Å². The number of amides is 1. The number of carbonyl (C=O) groups is 1. The molecule has 1 atom stereocenters. The zero-order valence-electron chi connectivity index (χ0n) is 11.6. The Morgan fingerprint density at radius 3 is 2.39 bits per heavy atom. The quantitative estimate of drug-likeness (QED) is 0.801. The minimum atomic E-state index is -0.103. The number of nitrogens with one attached hydrogen (secondary N) is 1. The van der Waals surface area contributed by atoms with Crippen molar-refractivity contribution in [2.45, 2.75) is 33.2 Å². The fourth-order valence-electron chi connectivity index (χ4n) is 1.97. The molecule has 1 unspecified atom stereocenters. The zero-order chi connectivity index (χ0) is 13.4. The summed E-state index contributed by atoms with van der Waals surface area (Å²) >= 11 is 0. The Labute approximate surface area is 110 Å². The Hall–Kier alpha value is -1.35. The normalized spacial score (nSPS) is 12.2. The smallest absolute Gasteiger partial charge is 0.239 e.